The molecule has 1 aromatic heterocycles. The van der Waals surface area contributed by atoms with Gasteiger partial charge in [-0.2, -0.15) is 9.78 Å². The number of fused-ring (bicyclic) bond motifs is 2. The summed E-state index contributed by atoms with van der Waals surface area (Å²) in [5.41, 5.74) is 0.110. The molecule has 1 aromatic carbocycles. The number of aliphatic imine (C=N–C) groups is 1. The summed E-state index contributed by atoms with van der Waals surface area (Å²) in [4.78, 5) is 18.5. The number of amidine groups is 1. The van der Waals surface area contributed by atoms with Gasteiger partial charge in [0.25, 0.3) is 10.0 Å². The van der Waals surface area contributed by atoms with Crippen LogP contribution in [0.3, 0.4) is 0 Å². The van der Waals surface area contributed by atoms with E-state index in [4.69, 9.17) is 4.74 Å². The van der Waals surface area contributed by atoms with Gasteiger partial charge in [-0.3, -0.25) is 9.71 Å². The van der Waals surface area contributed by atoms with E-state index in [0.29, 0.717) is 21.8 Å². The minimum absolute atomic E-state index is 0.333. The number of sulfonamides is 1. The van der Waals surface area contributed by atoms with Gasteiger partial charge in [0.15, 0.2) is 10.5 Å². The molecule has 12 heteroatoms. The van der Waals surface area contributed by atoms with Crippen LogP contribution in [0.4, 0.5) is 10.5 Å². The van der Waals surface area contributed by atoms with Crippen LogP contribution < -0.4 is 4.72 Å². The molecule has 0 bridgehead atoms. The molecular formula is C17H20BN5O4S2. The summed E-state index contributed by atoms with van der Waals surface area (Å²) in [6, 6.07) is 4.91. The molecule has 1 N–H and O–H groups in total. The van der Waals surface area contributed by atoms with Crippen molar-refractivity contribution < 1.29 is 17.9 Å². The lowest BCUT2D eigenvalue weighted by Crippen LogP contribution is -2.44. The molecule has 9 nitrogen and oxygen atoms in total. The number of carbonyl (C=O) groups is 1. The van der Waals surface area contributed by atoms with Crippen molar-refractivity contribution in [1.29, 1.82) is 0 Å². The van der Waals surface area contributed by atoms with Crippen LogP contribution in [0.5, 0.6) is 0 Å². The first-order valence-electron chi connectivity index (χ1n) is 8.97. The SMILES string of the molecule is BC1N=C2SC=CN2C1S(=O)(=O)Nc1ccc2cnn(C(=O)OC(C)(C)C)c2c1. The Morgan fingerprint density at radius 3 is 2.83 bits per heavy atom. The van der Waals surface area contributed by atoms with E-state index < -0.39 is 33.0 Å². The molecule has 2 aliphatic heterocycles. The van der Waals surface area contributed by atoms with Gasteiger partial charge in [0.05, 0.1) is 23.3 Å². The van der Waals surface area contributed by atoms with E-state index in [1.54, 1.807) is 63.3 Å². The zero-order valence-corrected chi connectivity index (χ0v) is 18.0. The number of benzene rings is 1. The number of hydrogen-bond donors (Lipinski definition) is 1. The predicted octanol–water partition coefficient (Wildman–Crippen LogP) is 1.74. The van der Waals surface area contributed by atoms with Crippen molar-refractivity contribution in [2.75, 3.05) is 4.72 Å². The van der Waals surface area contributed by atoms with Gasteiger partial charge in [0, 0.05) is 11.6 Å². The van der Waals surface area contributed by atoms with E-state index in [-0.39, 0.29) is 0 Å². The molecule has 4 rings (SSSR count). The second-order valence-corrected chi connectivity index (χ2v) is 10.5. The van der Waals surface area contributed by atoms with Crippen LogP contribution in [0.15, 0.2) is 41.0 Å². The average Bonchev–Trinajstić information content (AvgIpc) is 3.25. The maximum Gasteiger partial charge on any atom is 0.435 e. The van der Waals surface area contributed by atoms with Crippen molar-refractivity contribution in [2.24, 2.45) is 4.99 Å². The van der Waals surface area contributed by atoms with Gasteiger partial charge in [-0.05, 0) is 44.4 Å². The number of thioether (sulfide) groups is 1. The lowest BCUT2D eigenvalue weighted by molar-refractivity contribution is 0.0523. The average molecular weight is 433 g/mol. The number of anilines is 1. The summed E-state index contributed by atoms with van der Waals surface area (Å²) in [5, 5.41) is 6.41. The number of nitrogens with zero attached hydrogens (tertiary/aromatic N) is 4. The zero-order chi connectivity index (χ0) is 21.0. The Kier molecular flexibility index (Phi) is 4.65. The first kappa shape index (κ1) is 19.8. The van der Waals surface area contributed by atoms with E-state index in [2.05, 4.69) is 14.8 Å². The molecule has 0 saturated heterocycles. The fourth-order valence-electron chi connectivity index (χ4n) is 3.21. The van der Waals surface area contributed by atoms with Gasteiger partial charge in [0.1, 0.15) is 13.4 Å². The molecule has 0 amide bonds. The number of ether oxygens (including phenoxy) is 1. The number of aromatic nitrogens is 2. The van der Waals surface area contributed by atoms with Gasteiger partial charge >= 0.3 is 6.09 Å². The summed E-state index contributed by atoms with van der Waals surface area (Å²) in [6.45, 7) is 5.29. The normalized spacial score (nSPS) is 21.3. The van der Waals surface area contributed by atoms with Crippen molar-refractivity contribution >= 4 is 57.5 Å². The molecule has 0 radical (unpaired) electrons. The van der Waals surface area contributed by atoms with Gasteiger partial charge in [-0.15, -0.1) is 0 Å². The van der Waals surface area contributed by atoms with Crippen molar-refractivity contribution in [3.05, 3.63) is 36.0 Å². The topological polar surface area (TPSA) is 106 Å². The standard InChI is InChI=1S/C17H20BN5O4S2/c1-17(2,3)27-16(24)23-12-8-11(5-4-10(12)9-19-23)21-29(25,26)14-13(18)20-15-22(14)6-7-28-15/h4-9,13-14,21H,18H2,1-3H3. The van der Waals surface area contributed by atoms with E-state index in [1.807, 2.05) is 0 Å². The highest BCUT2D eigenvalue weighted by Gasteiger charge is 2.43. The maximum absolute atomic E-state index is 13.1. The first-order chi connectivity index (χ1) is 13.5. The second-order valence-electron chi connectivity index (χ2n) is 7.81. The number of nitrogens with one attached hydrogen (secondary N) is 1. The second kappa shape index (κ2) is 6.80. The zero-order valence-electron chi connectivity index (χ0n) is 16.4. The molecule has 2 aromatic rings. The smallest absolute Gasteiger partial charge is 0.435 e. The highest BCUT2D eigenvalue weighted by Crippen LogP contribution is 2.33. The predicted molar refractivity (Wildman–Crippen MR) is 116 cm³/mol. The third-order valence-corrected chi connectivity index (χ3v) is 6.89. The minimum atomic E-state index is -3.78. The molecule has 2 aliphatic rings. The van der Waals surface area contributed by atoms with Crippen LogP contribution in [-0.4, -0.2) is 59.1 Å². The summed E-state index contributed by atoms with van der Waals surface area (Å²) >= 11 is 1.40. The van der Waals surface area contributed by atoms with Crippen LogP contribution in [0, 0.1) is 0 Å². The molecule has 0 aliphatic carbocycles. The molecule has 0 saturated carbocycles. The molecule has 0 fully saturated rings. The Hall–Kier alpha value is -2.47. The summed E-state index contributed by atoms with van der Waals surface area (Å²) in [5.74, 6) is -0.407. The largest absolute Gasteiger partial charge is 0.442 e. The van der Waals surface area contributed by atoms with Crippen LogP contribution in [0.1, 0.15) is 20.8 Å². The van der Waals surface area contributed by atoms with Crippen LogP contribution in [-0.2, 0) is 14.8 Å². The quantitative estimate of drug-likeness (QED) is 0.735. The molecule has 152 valence electrons. The van der Waals surface area contributed by atoms with E-state index in [0.717, 1.165) is 4.68 Å². The van der Waals surface area contributed by atoms with Gasteiger partial charge in [-0.1, -0.05) is 11.8 Å². The van der Waals surface area contributed by atoms with Gasteiger partial charge in [-0.25, -0.2) is 13.2 Å². The van der Waals surface area contributed by atoms with Crippen molar-refractivity contribution in [1.82, 2.24) is 14.7 Å². The molecule has 0 spiro atoms. The highest BCUT2D eigenvalue weighted by atomic mass is 32.2. The first-order valence-corrected chi connectivity index (χ1v) is 11.4. The Balaban J connectivity index is 1.62. The Morgan fingerprint density at radius 1 is 1.34 bits per heavy atom. The van der Waals surface area contributed by atoms with E-state index >= 15 is 0 Å². The Labute approximate surface area is 173 Å². The van der Waals surface area contributed by atoms with Gasteiger partial charge in [0.2, 0.25) is 0 Å². The monoisotopic (exact) mass is 433 g/mol. The minimum Gasteiger partial charge on any atom is -0.442 e. The maximum atomic E-state index is 13.1. The fourth-order valence-corrected chi connectivity index (χ4v) is 5.74. The third-order valence-electron chi connectivity index (χ3n) is 4.33. The lowest BCUT2D eigenvalue weighted by Gasteiger charge is -2.24. The summed E-state index contributed by atoms with van der Waals surface area (Å²) in [7, 11) is -2.01. The van der Waals surface area contributed by atoms with Crippen molar-refractivity contribution in [3.8, 4) is 0 Å². The molecule has 2 unspecified atom stereocenters. The van der Waals surface area contributed by atoms with E-state index in [9.17, 15) is 13.2 Å². The lowest BCUT2D eigenvalue weighted by atomic mass is 9.98. The van der Waals surface area contributed by atoms with Crippen molar-refractivity contribution in [3.63, 3.8) is 0 Å². The highest BCUT2D eigenvalue weighted by molar-refractivity contribution is 8.16. The fraction of sp³-hybridized carbons (Fsp3) is 0.353. The van der Waals surface area contributed by atoms with E-state index in [1.165, 1.54) is 18.0 Å². The van der Waals surface area contributed by atoms with Crippen LogP contribution >= 0.6 is 11.8 Å². The van der Waals surface area contributed by atoms with Gasteiger partial charge < -0.3 is 9.64 Å². The molecule has 3 heterocycles. The number of rotatable bonds is 3. The summed E-state index contributed by atoms with van der Waals surface area (Å²) < 4.78 is 35.2. The summed E-state index contributed by atoms with van der Waals surface area (Å²) in [6.07, 6.45) is 2.62. The number of carbonyl (C=O) groups excluding carboxylic acids is 1. The van der Waals surface area contributed by atoms with Crippen LogP contribution in [0.2, 0.25) is 0 Å². The Morgan fingerprint density at radius 2 is 2.10 bits per heavy atom. The van der Waals surface area contributed by atoms with Crippen molar-refractivity contribution in [2.45, 2.75) is 37.7 Å². The van der Waals surface area contributed by atoms with Crippen LogP contribution in [0.25, 0.3) is 10.9 Å². The third kappa shape index (κ3) is 3.74. The molecular weight excluding hydrogens is 413 g/mol. The Bertz CT molecular complexity index is 1150. The molecule has 2 atom stereocenters. The number of hydrogen-bond acceptors (Lipinski definition) is 8. The molecule has 29 heavy (non-hydrogen) atoms.